The monoisotopic (exact) mass is 416 g/mol. The van der Waals surface area contributed by atoms with Gasteiger partial charge in [0.05, 0.1) is 50.5 Å². The first-order valence-corrected chi connectivity index (χ1v) is 10.1. The molecular weight excluding hydrogens is 394 g/mol. The highest BCUT2D eigenvalue weighted by Gasteiger charge is 2.52. The van der Waals surface area contributed by atoms with E-state index in [0.29, 0.717) is 0 Å². The number of benzene rings is 1. The molecule has 6 heteroatoms. The fourth-order valence-electron chi connectivity index (χ4n) is 4.41. The lowest BCUT2D eigenvalue weighted by atomic mass is 9.93. The molecule has 5 nitrogen and oxygen atoms in total. The second-order valence-corrected chi connectivity index (χ2v) is 8.23. The van der Waals surface area contributed by atoms with Crippen molar-refractivity contribution in [2.75, 3.05) is 19.6 Å². The molecule has 1 aromatic carbocycles. The number of quaternary nitrogens is 1. The van der Waals surface area contributed by atoms with Crippen molar-refractivity contribution in [3.63, 3.8) is 0 Å². The highest BCUT2D eigenvalue weighted by atomic mass is 79.9. The molecule has 2 N–H and O–H groups in total. The third kappa shape index (κ3) is 2.51. The summed E-state index contributed by atoms with van der Waals surface area (Å²) >= 11 is 3.61. The maximum atomic E-state index is 6.65. The molecule has 0 amide bonds. The van der Waals surface area contributed by atoms with Crippen LogP contribution in [0.1, 0.15) is 37.1 Å². The van der Waals surface area contributed by atoms with Crippen LogP contribution in [0.15, 0.2) is 51.6 Å². The summed E-state index contributed by atoms with van der Waals surface area (Å²) in [6.45, 7) is 5.69. The lowest BCUT2D eigenvalue weighted by Gasteiger charge is -2.50. The first kappa shape index (κ1) is 16.4. The van der Waals surface area contributed by atoms with Gasteiger partial charge in [-0.2, -0.15) is 5.01 Å². The summed E-state index contributed by atoms with van der Waals surface area (Å²) in [5, 5.41) is 2.31. The predicted octanol–water partition coefficient (Wildman–Crippen LogP) is 2.73. The summed E-state index contributed by atoms with van der Waals surface area (Å²) in [6, 6.07) is 10.4. The van der Waals surface area contributed by atoms with Crippen LogP contribution >= 0.6 is 15.9 Å². The van der Waals surface area contributed by atoms with Gasteiger partial charge < -0.3 is 19.5 Å². The Morgan fingerprint density at radius 1 is 1.31 bits per heavy atom. The molecule has 3 aliphatic rings. The molecule has 0 bridgehead atoms. The van der Waals surface area contributed by atoms with Gasteiger partial charge in [0.15, 0.2) is 11.5 Å². The molecule has 136 valence electrons. The van der Waals surface area contributed by atoms with Gasteiger partial charge in [0.25, 0.3) is 0 Å². The number of nitrogens with one attached hydrogen (secondary N) is 2. The summed E-state index contributed by atoms with van der Waals surface area (Å²) in [5.41, 5.74) is 5.49. The van der Waals surface area contributed by atoms with E-state index in [1.54, 1.807) is 11.2 Å². The number of likely N-dealkylation sites (tertiary alicyclic amines) is 1. The summed E-state index contributed by atoms with van der Waals surface area (Å²) in [4.78, 5) is 1.65. The van der Waals surface area contributed by atoms with E-state index in [4.69, 9.17) is 9.15 Å². The molecule has 3 aliphatic heterocycles. The van der Waals surface area contributed by atoms with E-state index < -0.39 is 0 Å². The second-order valence-electron chi connectivity index (χ2n) is 7.32. The average Bonchev–Trinajstić information content (AvgIpc) is 3.33. The number of hydrogen-bond donors (Lipinski definition) is 2. The van der Waals surface area contributed by atoms with Gasteiger partial charge in [-0.1, -0.05) is 15.9 Å². The molecule has 2 aromatic rings. The first-order valence-electron chi connectivity index (χ1n) is 9.32. The summed E-state index contributed by atoms with van der Waals surface area (Å²) < 4.78 is 13.4. The lowest BCUT2D eigenvalue weighted by molar-refractivity contribution is -0.906. The van der Waals surface area contributed by atoms with E-state index in [1.165, 1.54) is 12.1 Å². The van der Waals surface area contributed by atoms with Gasteiger partial charge in [-0.25, -0.2) is 0 Å². The quantitative estimate of drug-likeness (QED) is 0.789. The Hall–Kier alpha value is -1.76. The minimum atomic E-state index is -0.311. The Bertz CT molecular complexity index is 841. The van der Waals surface area contributed by atoms with Gasteiger partial charge in [-0.15, -0.1) is 0 Å². The predicted molar refractivity (Wildman–Crippen MR) is 102 cm³/mol. The molecule has 1 fully saturated rings. The second kappa shape index (κ2) is 6.15. The fraction of sp³-hybridized carbons (Fsp3) is 0.400. The summed E-state index contributed by atoms with van der Waals surface area (Å²) in [6.07, 6.45) is 5.99. The van der Waals surface area contributed by atoms with Crippen LogP contribution in [0.2, 0.25) is 0 Å². The molecule has 0 aliphatic carbocycles. The van der Waals surface area contributed by atoms with Crippen LogP contribution in [-0.4, -0.2) is 30.4 Å². The minimum absolute atomic E-state index is 0.138. The maximum absolute atomic E-state index is 6.65. The van der Waals surface area contributed by atoms with E-state index in [0.717, 1.165) is 47.6 Å². The number of ether oxygens (including phenoxy) is 1. The fourth-order valence-corrected chi connectivity index (χ4v) is 4.79. The molecule has 0 saturated carbocycles. The number of nitrogens with zero attached hydrogens (tertiary/aromatic N) is 1. The van der Waals surface area contributed by atoms with Crippen LogP contribution in [0.4, 0.5) is 0 Å². The minimum Gasteiger partial charge on any atom is -0.470 e. The van der Waals surface area contributed by atoms with Crippen LogP contribution in [0.5, 0.6) is 5.75 Å². The Labute approximate surface area is 161 Å². The molecule has 5 rings (SSSR count). The Morgan fingerprint density at radius 3 is 2.88 bits per heavy atom. The maximum Gasteiger partial charge on any atom is 0.191 e. The Morgan fingerprint density at radius 2 is 2.15 bits per heavy atom. The van der Waals surface area contributed by atoms with Crippen LogP contribution in [0.3, 0.4) is 0 Å². The summed E-state index contributed by atoms with van der Waals surface area (Å²) in [7, 11) is 0. The number of furan rings is 1. The van der Waals surface area contributed by atoms with E-state index in [2.05, 4.69) is 57.6 Å². The van der Waals surface area contributed by atoms with E-state index in [1.807, 2.05) is 12.1 Å². The zero-order chi connectivity index (χ0) is 17.7. The zero-order valence-corrected chi connectivity index (χ0v) is 16.4. The van der Waals surface area contributed by atoms with Crippen molar-refractivity contribution >= 4 is 21.6 Å². The smallest absolute Gasteiger partial charge is 0.191 e. The molecule has 1 aromatic heterocycles. The Balaban J connectivity index is 1.56. The third-order valence-electron chi connectivity index (χ3n) is 5.90. The molecule has 0 unspecified atom stereocenters. The van der Waals surface area contributed by atoms with Crippen LogP contribution in [0.25, 0.3) is 5.70 Å². The molecular formula is C20H23BrN3O2+. The van der Waals surface area contributed by atoms with Crippen LogP contribution < -0.4 is 15.1 Å². The zero-order valence-electron chi connectivity index (χ0n) is 14.8. The van der Waals surface area contributed by atoms with Gasteiger partial charge in [-0.3, -0.25) is 0 Å². The third-order valence-corrected chi connectivity index (χ3v) is 6.39. The number of fused-ring (bicyclic) bond motifs is 4. The number of hydrazine groups is 1. The number of hydrogen-bond acceptors (Lipinski definition) is 4. The van der Waals surface area contributed by atoms with Crippen molar-refractivity contribution in [2.45, 2.75) is 31.5 Å². The van der Waals surface area contributed by atoms with Crippen LogP contribution in [-0.2, 0) is 0 Å². The molecule has 1 spiro atoms. The van der Waals surface area contributed by atoms with Crippen molar-refractivity contribution in [2.24, 2.45) is 0 Å². The largest absolute Gasteiger partial charge is 0.470 e. The highest BCUT2D eigenvalue weighted by molar-refractivity contribution is 9.10. The van der Waals surface area contributed by atoms with Crippen LogP contribution in [0, 0.1) is 0 Å². The van der Waals surface area contributed by atoms with Crippen molar-refractivity contribution in [3.8, 4) is 5.75 Å². The topological polar surface area (TPSA) is 42.1 Å². The van der Waals surface area contributed by atoms with Crippen molar-refractivity contribution < 1.29 is 14.1 Å². The molecule has 26 heavy (non-hydrogen) atoms. The standard InChI is InChI=1S/C20H22BrN3O2/c1-2-23-9-7-20(8-10-23)24-17(13-16(22-24)19-4-3-11-25-19)15-12-14(21)5-6-18(15)26-20/h3-6,11-13,17,22H,2,7-10H2,1H3/p+1/t17-/m1/s1. The molecule has 1 saturated heterocycles. The van der Waals surface area contributed by atoms with E-state index >= 15 is 0 Å². The number of rotatable bonds is 2. The van der Waals surface area contributed by atoms with Gasteiger partial charge in [-0.05, 0) is 43.3 Å². The van der Waals surface area contributed by atoms with Gasteiger partial charge >= 0.3 is 0 Å². The summed E-state index contributed by atoms with van der Waals surface area (Å²) in [5.74, 6) is 1.86. The first-order chi connectivity index (χ1) is 12.7. The van der Waals surface area contributed by atoms with Gasteiger partial charge in [0.2, 0.25) is 0 Å². The van der Waals surface area contributed by atoms with Crippen molar-refractivity contribution in [1.82, 2.24) is 10.4 Å². The van der Waals surface area contributed by atoms with Crippen molar-refractivity contribution in [3.05, 3.63) is 58.5 Å². The van der Waals surface area contributed by atoms with E-state index in [-0.39, 0.29) is 11.8 Å². The lowest BCUT2D eigenvalue weighted by Crippen LogP contribution is -3.13. The SMILES string of the molecule is CC[NH+]1CCC2(CC1)Oc1ccc(Br)cc1[C@H]1C=C(c3ccco3)NN12. The normalized spacial score (nSPS) is 30.3. The highest BCUT2D eigenvalue weighted by Crippen LogP contribution is 2.48. The molecule has 4 heterocycles. The van der Waals surface area contributed by atoms with Gasteiger partial charge in [0.1, 0.15) is 5.75 Å². The van der Waals surface area contributed by atoms with E-state index in [9.17, 15) is 0 Å². The molecule has 0 radical (unpaired) electrons. The van der Waals surface area contributed by atoms with Crippen molar-refractivity contribution in [1.29, 1.82) is 0 Å². The van der Waals surface area contributed by atoms with Gasteiger partial charge in [0, 0.05) is 10.0 Å². The number of halogens is 1. The Kier molecular flexibility index (Phi) is 3.88. The average molecular weight is 417 g/mol. The number of piperidine rings is 1. The molecule has 1 atom stereocenters.